The van der Waals surface area contributed by atoms with Crippen molar-refractivity contribution in [3.63, 3.8) is 0 Å². The number of esters is 1. The Kier molecular flexibility index (Phi) is 3.27. The highest BCUT2D eigenvalue weighted by atomic mass is 16.5. The monoisotopic (exact) mass is 320 g/mol. The minimum Gasteiger partial charge on any atom is -0.453 e. The molecule has 1 aliphatic heterocycles. The minimum atomic E-state index is -0.770. The third-order valence-electron chi connectivity index (χ3n) is 4.08. The number of hydrogen-bond acceptors (Lipinski definition) is 5. The zero-order valence-electron chi connectivity index (χ0n) is 12.5. The van der Waals surface area contributed by atoms with Gasteiger partial charge in [-0.1, -0.05) is 42.5 Å². The van der Waals surface area contributed by atoms with Crippen LogP contribution in [0.2, 0.25) is 0 Å². The van der Waals surface area contributed by atoms with E-state index in [0.717, 1.165) is 0 Å². The lowest BCUT2D eigenvalue weighted by Gasteiger charge is -2.26. The predicted octanol–water partition coefficient (Wildman–Crippen LogP) is 2.57. The molecule has 0 spiro atoms. The van der Waals surface area contributed by atoms with Gasteiger partial charge in [-0.3, -0.25) is 4.79 Å². The molecule has 5 heteroatoms. The summed E-state index contributed by atoms with van der Waals surface area (Å²) in [7, 11) is 0. The van der Waals surface area contributed by atoms with Crippen molar-refractivity contribution in [3.8, 4) is 0 Å². The van der Waals surface area contributed by atoms with Crippen molar-refractivity contribution in [1.29, 1.82) is 0 Å². The van der Waals surface area contributed by atoms with E-state index in [1.807, 2.05) is 12.2 Å². The molecule has 0 radical (unpaired) electrons. The van der Waals surface area contributed by atoms with Gasteiger partial charge in [0, 0.05) is 11.3 Å². The number of rotatable bonds is 2. The highest BCUT2D eigenvalue weighted by Gasteiger charge is 2.34. The smallest absolute Gasteiger partial charge is 0.347 e. The normalized spacial score (nSPS) is 22.0. The summed E-state index contributed by atoms with van der Waals surface area (Å²) in [5, 5.41) is 0.614. The highest BCUT2D eigenvalue weighted by Crippen LogP contribution is 2.27. The van der Waals surface area contributed by atoms with Crippen LogP contribution in [0.25, 0.3) is 11.0 Å². The van der Waals surface area contributed by atoms with Gasteiger partial charge in [0.1, 0.15) is 22.8 Å². The van der Waals surface area contributed by atoms with E-state index >= 15 is 0 Å². The lowest BCUT2D eigenvalue weighted by molar-refractivity contribution is -0.144. The Morgan fingerprint density at radius 1 is 1.04 bits per heavy atom. The number of fused-ring (bicyclic) bond motifs is 2. The summed E-state index contributed by atoms with van der Waals surface area (Å²) in [5.41, 5.74) is -0.697. The van der Waals surface area contributed by atoms with Gasteiger partial charge in [-0.2, -0.15) is 0 Å². The minimum absolute atomic E-state index is 0.140. The third-order valence-corrected chi connectivity index (χ3v) is 4.08. The molecule has 0 bridgehead atoms. The zero-order valence-corrected chi connectivity index (χ0v) is 12.5. The number of carbonyl (C=O) groups is 2. The van der Waals surface area contributed by atoms with Crippen LogP contribution in [0.4, 0.5) is 0 Å². The molecule has 0 amide bonds. The van der Waals surface area contributed by atoms with Crippen LogP contribution >= 0.6 is 0 Å². The van der Waals surface area contributed by atoms with Crippen molar-refractivity contribution in [2.24, 2.45) is 5.92 Å². The van der Waals surface area contributed by atoms with Gasteiger partial charge in [-0.25, -0.2) is 9.59 Å². The SMILES string of the molecule is O=C1OC2C=CC=CC2C=C1C(=O)c1cc2ccccc2oc1=O. The first-order chi connectivity index (χ1) is 11.6. The summed E-state index contributed by atoms with van der Waals surface area (Å²) in [6.45, 7) is 0. The van der Waals surface area contributed by atoms with Gasteiger partial charge in [-0.15, -0.1) is 0 Å². The second kappa shape index (κ2) is 5.45. The Hall–Kier alpha value is -3.21. The van der Waals surface area contributed by atoms with E-state index in [4.69, 9.17) is 9.15 Å². The Labute approximate surface area is 136 Å². The summed E-state index contributed by atoms with van der Waals surface area (Å²) in [6, 6.07) is 8.32. The molecule has 24 heavy (non-hydrogen) atoms. The van der Waals surface area contributed by atoms with E-state index in [9.17, 15) is 14.4 Å². The van der Waals surface area contributed by atoms with Crippen LogP contribution in [0.5, 0.6) is 0 Å². The van der Waals surface area contributed by atoms with Crippen LogP contribution in [0, 0.1) is 5.92 Å². The molecular formula is C19H12O5. The fraction of sp³-hybridized carbons (Fsp3) is 0.105. The Morgan fingerprint density at radius 2 is 1.83 bits per heavy atom. The van der Waals surface area contributed by atoms with Crippen LogP contribution in [-0.2, 0) is 9.53 Å². The van der Waals surface area contributed by atoms with Gasteiger partial charge in [0.25, 0.3) is 0 Å². The third kappa shape index (κ3) is 2.31. The van der Waals surface area contributed by atoms with Crippen LogP contribution in [0.3, 0.4) is 0 Å². The first kappa shape index (κ1) is 14.4. The Balaban J connectivity index is 1.78. The molecule has 2 aliphatic rings. The number of carbonyl (C=O) groups excluding carboxylic acids is 2. The summed E-state index contributed by atoms with van der Waals surface area (Å²) in [5.74, 6) is -1.62. The average molecular weight is 320 g/mol. The molecule has 5 nitrogen and oxygen atoms in total. The highest BCUT2D eigenvalue weighted by molar-refractivity contribution is 6.24. The topological polar surface area (TPSA) is 73.6 Å². The zero-order chi connectivity index (χ0) is 16.7. The van der Waals surface area contributed by atoms with Gasteiger partial charge in [-0.05, 0) is 18.2 Å². The number of ketones is 1. The van der Waals surface area contributed by atoms with Crippen molar-refractivity contribution in [3.05, 3.63) is 82.3 Å². The fourth-order valence-electron chi connectivity index (χ4n) is 2.85. The Bertz CT molecular complexity index is 1010. The molecule has 0 fully saturated rings. The van der Waals surface area contributed by atoms with Crippen LogP contribution in [-0.4, -0.2) is 17.9 Å². The number of benzene rings is 1. The second-order valence-electron chi connectivity index (χ2n) is 5.61. The molecule has 1 aliphatic carbocycles. The molecule has 2 aromatic rings. The fourth-order valence-corrected chi connectivity index (χ4v) is 2.85. The van der Waals surface area contributed by atoms with E-state index in [2.05, 4.69) is 0 Å². The second-order valence-corrected chi connectivity index (χ2v) is 5.61. The number of para-hydroxylation sites is 1. The lowest BCUT2D eigenvalue weighted by atomic mass is 9.90. The van der Waals surface area contributed by atoms with E-state index in [-0.39, 0.29) is 17.1 Å². The first-order valence-corrected chi connectivity index (χ1v) is 7.49. The van der Waals surface area contributed by atoms with E-state index in [1.54, 1.807) is 42.5 Å². The molecule has 1 aromatic heterocycles. The summed E-state index contributed by atoms with van der Waals surface area (Å²) < 4.78 is 10.4. The van der Waals surface area contributed by atoms with Gasteiger partial charge >= 0.3 is 11.6 Å². The number of hydrogen-bond donors (Lipinski definition) is 0. The molecule has 2 unspecified atom stereocenters. The van der Waals surface area contributed by atoms with Gasteiger partial charge in [0.15, 0.2) is 0 Å². The predicted molar refractivity (Wildman–Crippen MR) is 86.5 cm³/mol. The van der Waals surface area contributed by atoms with Crippen molar-refractivity contribution >= 4 is 22.7 Å². The molecule has 0 saturated carbocycles. The van der Waals surface area contributed by atoms with Crippen molar-refractivity contribution in [2.75, 3.05) is 0 Å². The van der Waals surface area contributed by atoms with E-state index in [1.165, 1.54) is 6.07 Å². The lowest BCUT2D eigenvalue weighted by Crippen LogP contribution is -2.33. The summed E-state index contributed by atoms with van der Waals surface area (Å²) in [6.07, 6.45) is 8.34. The van der Waals surface area contributed by atoms with Crippen LogP contribution < -0.4 is 5.63 Å². The van der Waals surface area contributed by atoms with Crippen molar-refractivity contribution in [2.45, 2.75) is 6.10 Å². The van der Waals surface area contributed by atoms with Gasteiger partial charge < -0.3 is 9.15 Å². The average Bonchev–Trinajstić information content (AvgIpc) is 2.60. The quantitative estimate of drug-likeness (QED) is 0.368. The van der Waals surface area contributed by atoms with Crippen LogP contribution in [0.1, 0.15) is 10.4 Å². The summed E-state index contributed by atoms with van der Waals surface area (Å²) >= 11 is 0. The maximum Gasteiger partial charge on any atom is 0.347 e. The standard InChI is InChI=1S/C19H12O5/c20-17(13-9-11-5-1-3-7-15(11)23-18(13)21)14-10-12-6-2-4-8-16(12)24-19(14)22/h1-11,15H. The summed E-state index contributed by atoms with van der Waals surface area (Å²) in [4.78, 5) is 36.9. The maximum absolute atomic E-state index is 12.7. The molecular weight excluding hydrogens is 308 g/mol. The van der Waals surface area contributed by atoms with Gasteiger partial charge in [0.05, 0.1) is 0 Å². The number of Topliss-reactive ketones (excluding diaryl/α,β-unsaturated/α-hetero) is 1. The number of allylic oxidation sites excluding steroid dienone is 2. The molecule has 2 heterocycles. The van der Waals surface area contributed by atoms with E-state index in [0.29, 0.717) is 11.0 Å². The van der Waals surface area contributed by atoms with Crippen molar-refractivity contribution in [1.82, 2.24) is 0 Å². The van der Waals surface area contributed by atoms with Gasteiger partial charge in [0.2, 0.25) is 5.78 Å². The molecule has 118 valence electrons. The van der Waals surface area contributed by atoms with Crippen LogP contribution in [0.15, 0.2) is 75.5 Å². The number of ether oxygens (including phenoxy) is 1. The van der Waals surface area contributed by atoms with Crippen molar-refractivity contribution < 1.29 is 18.7 Å². The maximum atomic E-state index is 12.7. The first-order valence-electron chi connectivity index (χ1n) is 7.49. The molecule has 0 N–H and O–H groups in total. The molecule has 4 rings (SSSR count). The molecule has 1 aromatic carbocycles. The molecule has 2 atom stereocenters. The molecule has 0 saturated heterocycles. The van der Waals surface area contributed by atoms with E-state index < -0.39 is 23.5 Å². The largest absolute Gasteiger partial charge is 0.453 e. The Morgan fingerprint density at radius 3 is 2.71 bits per heavy atom.